The predicted octanol–water partition coefficient (Wildman–Crippen LogP) is 2.75. The van der Waals surface area contributed by atoms with Gasteiger partial charge >= 0.3 is 0 Å². The summed E-state index contributed by atoms with van der Waals surface area (Å²) in [5.41, 5.74) is 5.53. The standard InChI is InChI=1S/C20H17FN2O3/c21-16-8-10-17(11-9-16)26-13-20(25)23-22-19(24)12-15-6-3-5-14-4-1-2-7-18(14)15/h1-11H,12-13H2,(H,22,24)(H,23,25). The molecule has 2 amide bonds. The molecule has 0 saturated carbocycles. The van der Waals surface area contributed by atoms with Crippen LogP contribution in [0.4, 0.5) is 4.39 Å². The van der Waals surface area contributed by atoms with Gasteiger partial charge in [-0.05, 0) is 40.6 Å². The number of rotatable bonds is 5. The summed E-state index contributed by atoms with van der Waals surface area (Å²) in [6.07, 6.45) is 0.139. The number of hydrogen-bond donors (Lipinski definition) is 2. The minimum absolute atomic E-state index is 0.139. The van der Waals surface area contributed by atoms with Crippen molar-refractivity contribution in [2.24, 2.45) is 0 Å². The highest BCUT2D eigenvalue weighted by Crippen LogP contribution is 2.18. The maximum Gasteiger partial charge on any atom is 0.276 e. The van der Waals surface area contributed by atoms with Crippen LogP contribution in [-0.2, 0) is 16.0 Å². The molecule has 26 heavy (non-hydrogen) atoms. The molecular weight excluding hydrogens is 335 g/mol. The first-order chi connectivity index (χ1) is 12.6. The SMILES string of the molecule is O=C(COc1ccc(F)cc1)NNC(=O)Cc1cccc2ccccc12. The first kappa shape index (κ1) is 17.4. The number of hydrazine groups is 1. The Morgan fingerprint density at radius 3 is 2.35 bits per heavy atom. The van der Waals surface area contributed by atoms with Crippen LogP contribution < -0.4 is 15.6 Å². The first-order valence-electron chi connectivity index (χ1n) is 8.04. The van der Waals surface area contributed by atoms with Gasteiger partial charge in [-0.2, -0.15) is 0 Å². The summed E-state index contributed by atoms with van der Waals surface area (Å²) >= 11 is 0. The summed E-state index contributed by atoms with van der Waals surface area (Å²) in [6, 6.07) is 18.8. The smallest absolute Gasteiger partial charge is 0.276 e. The Bertz CT molecular complexity index is 920. The third kappa shape index (κ3) is 4.57. The van der Waals surface area contributed by atoms with Crippen LogP contribution in [-0.4, -0.2) is 18.4 Å². The molecule has 0 aliphatic carbocycles. The van der Waals surface area contributed by atoms with Gasteiger partial charge in [0, 0.05) is 0 Å². The molecule has 0 atom stereocenters. The van der Waals surface area contributed by atoms with Crippen LogP contribution in [0.15, 0.2) is 66.7 Å². The second kappa shape index (κ2) is 8.11. The second-order valence-electron chi connectivity index (χ2n) is 5.65. The fourth-order valence-electron chi connectivity index (χ4n) is 2.52. The molecule has 0 aliphatic rings. The number of halogens is 1. The Morgan fingerprint density at radius 2 is 1.54 bits per heavy atom. The minimum atomic E-state index is -0.513. The molecule has 0 bridgehead atoms. The Balaban J connectivity index is 1.49. The van der Waals surface area contributed by atoms with Crippen molar-refractivity contribution in [1.82, 2.24) is 10.9 Å². The zero-order chi connectivity index (χ0) is 18.4. The van der Waals surface area contributed by atoms with Crippen molar-refractivity contribution >= 4 is 22.6 Å². The highest BCUT2D eigenvalue weighted by Gasteiger charge is 2.09. The Morgan fingerprint density at radius 1 is 0.846 bits per heavy atom. The zero-order valence-electron chi connectivity index (χ0n) is 13.9. The molecule has 0 heterocycles. The van der Waals surface area contributed by atoms with Crippen molar-refractivity contribution in [3.63, 3.8) is 0 Å². The summed E-state index contributed by atoms with van der Waals surface area (Å²) in [4.78, 5) is 23.8. The van der Waals surface area contributed by atoms with Crippen LogP contribution in [0.1, 0.15) is 5.56 Å². The van der Waals surface area contributed by atoms with E-state index in [0.717, 1.165) is 16.3 Å². The quantitative estimate of drug-likeness (QED) is 0.694. The Hall–Kier alpha value is -3.41. The van der Waals surface area contributed by atoms with Gasteiger partial charge in [0.1, 0.15) is 11.6 Å². The average molecular weight is 352 g/mol. The molecule has 3 aromatic rings. The van der Waals surface area contributed by atoms with E-state index in [2.05, 4.69) is 10.9 Å². The van der Waals surface area contributed by atoms with Crippen molar-refractivity contribution < 1.29 is 18.7 Å². The van der Waals surface area contributed by atoms with E-state index in [-0.39, 0.29) is 24.8 Å². The average Bonchev–Trinajstić information content (AvgIpc) is 2.66. The monoisotopic (exact) mass is 352 g/mol. The largest absolute Gasteiger partial charge is 0.484 e. The maximum absolute atomic E-state index is 12.8. The topological polar surface area (TPSA) is 67.4 Å². The van der Waals surface area contributed by atoms with Crippen molar-refractivity contribution in [2.45, 2.75) is 6.42 Å². The lowest BCUT2D eigenvalue weighted by Crippen LogP contribution is -2.44. The Labute approximate surface area is 149 Å². The van der Waals surface area contributed by atoms with Crippen LogP contribution in [0.2, 0.25) is 0 Å². The fourth-order valence-corrected chi connectivity index (χ4v) is 2.52. The zero-order valence-corrected chi connectivity index (χ0v) is 13.9. The molecule has 3 rings (SSSR count). The summed E-state index contributed by atoms with van der Waals surface area (Å²) in [5, 5.41) is 2.05. The van der Waals surface area contributed by atoms with Gasteiger partial charge in [0.25, 0.3) is 5.91 Å². The third-order valence-electron chi connectivity index (χ3n) is 3.76. The van der Waals surface area contributed by atoms with Gasteiger partial charge in [-0.25, -0.2) is 4.39 Å². The van der Waals surface area contributed by atoms with Crippen LogP contribution in [0.3, 0.4) is 0 Å². The molecule has 5 nitrogen and oxygen atoms in total. The normalized spacial score (nSPS) is 10.3. The van der Waals surface area contributed by atoms with Crippen LogP contribution >= 0.6 is 0 Å². The lowest BCUT2D eigenvalue weighted by Gasteiger charge is -2.10. The Kier molecular flexibility index (Phi) is 5.43. The molecule has 0 unspecified atom stereocenters. The number of benzene rings is 3. The fraction of sp³-hybridized carbons (Fsp3) is 0.100. The number of carbonyl (C=O) groups is 2. The van der Waals surface area contributed by atoms with Gasteiger partial charge in [-0.3, -0.25) is 20.4 Å². The van der Waals surface area contributed by atoms with Crippen molar-refractivity contribution in [3.05, 3.63) is 78.1 Å². The maximum atomic E-state index is 12.8. The van der Waals surface area contributed by atoms with Gasteiger partial charge in [-0.1, -0.05) is 42.5 Å². The van der Waals surface area contributed by atoms with E-state index < -0.39 is 5.91 Å². The van der Waals surface area contributed by atoms with E-state index in [1.165, 1.54) is 24.3 Å². The number of carbonyl (C=O) groups excluding carboxylic acids is 2. The molecule has 6 heteroatoms. The van der Waals surface area contributed by atoms with E-state index >= 15 is 0 Å². The van der Waals surface area contributed by atoms with Crippen molar-refractivity contribution in [1.29, 1.82) is 0 Å². The third-order valence-corrected chi connectivity index (χ3v) is 3.76. The molecule has 0 aromatic heterocycles. The summed E-state index contributed by atoms with van der Waals surface area (Å²) in [5.74, 6) is -0.872. The number of nitrogens with one attached hydrogen (secondary N) is 2. The molecule has 3 aromatic carbocycles. The van der Waals surface area contributed by atoms with Gasteiger partial charge in [-0.15, -0.1) is 0 Å². The first-order valence-corrected chi connectivity index (χ1v) is 8.04. The van der Waals surface area contributed by atoms with E-state index in [9.17, 15) is 14.0 Å². The van der Waals surface area contributed by atoms with E-state index in [4.69, 9.17) is 4.74 Å². The van der Waals surface area contributed by atoms with Gasteiger partial charge < -0.3 is 4.74 Å². The predicted molar refractivity (Wildman–Crippen MR) is 95.8 cm³/mol. The molecule has 0 fully saturated rings. The minimum Gasteiger partial charge on any atom is -0.484 e. The number of hydrogen-bond acceptors (Lipinski definition) is 3. The summed E-state index contributed by atoms with van der Waals surface area (Å²) < 4.78 is 18.0. The molecule has 2 N–H and O–H groups in total. The van der Waals surface area contributed by atoms with Gasteiger partial charge in [0.05, 0.1) is 6.42 Å². The second-order valence-corrected chi connectivity index (χ2v) is 5.65. The van der Waals surface area contributed by atoms with Crippen molar-refractivity contribution in [2.75, 3.05) is 6.61 Å². The van der Waals surface area contributed by atoms with Crippen LogP contribution in [0.5, 0.6) is 5.75 Å². The molecular formula is C20H17FN2O3. The summed E-state index contributed by atoms with van der Waals surface area (Å²) in [6.45, 7) is -0.291. The van der Waals surface area contributed by atoms with Gasteiger partial charge in [0.15, 0.2) is 6.61 Å². The molecule has 0 radical (unpaired) electrons. The molecule has 0 spiro atoms. The van der Waals surface area contributed by atoms with Gasteiger partial charge in [0.2, 0.25) is 5.91 Å². The molecule has 0 aliphatic heterocycles. The highest BCUT2D eigenvalue weighted by molar-refractivity contribution is 5.91. The van der Waals surface area contributed by atoms with E-state index in [1.54, 1.807) is 0 Å². The van der Waals surface area contributed by atoms with E-state index in [1.807, 2.05) is 42.5 Å². The molecule has 132 valence electrons. The number of fused-ring (bicyclic) bond motifs is 1. The lowest BCUT2D eigenvalue weighted by molar-refractivity contribution is -0.129. The number of ether oxygens (including phenoxy) is 1. The summed E-state index contributed by atoms with van der Waals surface area (Å²) in [7, 11) is 0. The van der Waals surface area contributed by atoms with E-state index in [0.29, 0.717) is 5.75 Å². The lowest BCUT2D eigenvalue weighted by atomic mass is 10.0. The highest BCUT2D eigenvalue weighted by atomic mass is 19.1. The van der Waals surface area contributed by atoms with Crippen LogP contribution in [0, 0.1) is 5.82 Å². The molecule has 0 saturated heterocycles. The number of amides is 2. The van der Waals surface area contributed by atoms with Crippen molar-refractivity contribution in [3.8, 4) is 5.75 Å². The van der Waals surface area contributed by atoms with Crippen LogP contribution in [0.25, 0.3) is 10.8 Å².